The van der Waals surface area contributed by atoms with E-state index >= 15 is 0 Å². The molecule has 5 aromatic rings. The van der Waals surface area contributed by atoms with Crippen LogP contribution in [0.25, 0.3) is 33.7 Å². The molecule has 0 aliphatic carbocycles. The zero-order valence-corrected chi connectivity index (χ0v) is 17.8. The molecule has 1 aromatic carbocycles. The van der Waals surface area contributed by atoms with Gasteiger partial charge in [-0.25, -0.2) is 23.4 Å². The molecule has 0 aliphatic heterocycles. The van der Waals surface area contributed by atoms with Gasteiger partial charge in [0.1, 0.15) is 28.4 Å². The first-order chi connectivity index (χ1) is 15.8. The van der Waals surface area contributed by atoms with E-state index < -0.39 is 17.2 Å². The minimum absolute atomic E-state index is 0.297. The van der Waals surface area contributed by atoms with Crippen molar-refractivity contribution >= 4 is 11.2 Å². The molecule has 0 unspecified atom stereocenters. The number of hydrogen-bond acceptors (Lipinski definition) is 6. The van der Waals surface area contributed by atoms with Gasteiger partial charge in [-0.15, -0.1) is 5.10 Å². The number of nitrogens with one attached hydrogen (secondary N) is 1. The fourth-order valence-corrected chi connectivity index (χ4v) is 3.55. The smallest absolute Gasteiger partial charge is 0.158 e. The molecular formula is C23H19F2N7O. The van der Waals surface area contributed by atoms with Crippen LogP contribution in [0.2, 0.25) is 0 Å². The topological polar surface area (TPSA) is 105 Å². The molecule has 8 nitrogen and oxygen atoms in total. The number of imidazole rings is 1. The third-order valence-corrected chi connectivity index (χ3v) is 5.12. The molecule has 2 N–H and O–H groups in total. The Morgan fingerprint density at radius 1 is 1.03 bits per heavy atom. The highest BCUT2D eigenvalue weighted by Crippen LogP contribution is 2.30. The molecule has 4 heterocycles. The van der Waals surface area contributed by atoms with Gasteiger partial charge in [-0.05, 0) is 44.2 Å². The van der Waals surface area contributed by atoms with E-state index in [1.54, 1.807) is 36.9 Å². The van der Waals surface area contributed by atoms with E-state index in [1.807, 2.05) is 12.1 Å². The molecule has 166 valence electrons. The first kappa shape index (κ1) is 20.8. The Bertz CT molecular complexity index is 1450. The molecule has 33 heavy (non-hydrogen) atoms. The SMILES string of the molecule is CC(C)(O)c1cccc(Cn2cc(-c3cc(-c4cc(F)cc(F)c4)nc4[nH]cnc34)nn2)n1. The number of fused-ring (bicyclic) bond motifs is 1. The van der Waals surface area contributed by atoms with Crippen molar-refractivity contribution in [3.05, 3.63) is 78.0 Å². The van der Waals surface area contributed by atoms with Gasteiger partial charge in [0.2, 0.25) is 0 Å². The number of hydrogen-bond donors (Lipinski definition) is 2. The fourth-order valence-electron chi connectivity index (χ4n) is 3.55. The molecule has 0 aliphatic rings. The summed E-state index contributed by atoms with van der Waals surface area (Å²) in [7, 11) is 0. The largest absolute Gasteiger partial charge is 0.384 e. The Hall–Kier alpha value is -4.05. The normalized spacial score (nSPS) is 11.9. The van der Waals surface area contributed by atoms with Crippen LogP contribution in [-0.2, 0) is 12.1 Å². The third kappa shape index (κ3) is 4.20. The van der Waals surface area contributed by atoms with Crippen molar-refractivity contribution < 1.29 is 13.9 Å². The first-order valence-electron chi connectivity index (χ1n) is 10.2. The number of pyridine rings is 2. The average molecular weight is 447 g/mol. The maximum absolute atomic E-state index is 13.8. The highest BCUT2D eigenvalue weighted by molar-refractivity contribution is 5.91. The summed E-state index contributed by atoms with van der Waals surface area (Å²) in [6, 6.07) is 10.4. The number of aliphatic hydroxyl groups is 1. The van der Waals surface area contributed by atoms with Crippen LogP contribution in [0.5, 0.6) is 0 Å². The number of H-pyrrole nitrogens is 1. The maximum Gasteiger partial charge on any atom is 0.158 e. The van der Waals surface area contributed by atoms with Crippen LogP contribution in [-0.4, -0.2) is 40.0 Å². The van der Waals surface area contributed by atoms with Crippen LogP contribution in [0.1, 0.15) is 25.2 Å². The molecule has 0 spiro atoms. The molecule has 0 saturated carbocycles. The van der Waals surface area contributed by atoms with E-state index in [2.05, 4.69) is 30.2 Å². The van der Waals surface area contributed by atoms with Crippen LogP contribution in [0.3, 0.4) is 0 Å². The lowest BCUT2D eigenvalue weighted by molar-refractivity contribution is 0.0736. The number of aromatic amines is 1. The van der Waals surface area contributed by atoms with Crippen molar-refractivity contribution in [3.8, 4) is 22.5 Å². The lowest BCUT2D eigenvalue weighted by Gasteiger charge is -2.17. The third-order valence-electron chi connectivity index (χ3n) is 5.12. The van der Waals surface area contributed by atoms with Crippen molar-refractivity contribution in [2.45, 2.75) is 26.0 Å². The Labute approximate surface area is 187 Å². The van der Waals surface area contributed by atoms with Gasteiger partial charge >= 0.3 is 0 Å². The summed E-state index contributed by atoms with van der Waals surface area (Å²) in [6.45, 7) is 3.69. The number of benzene rings is 1. The quantitative estimate of drug-likeness (QED) is 0.424. The average Bonchev–Trinajstić information content (AvgIpc) is 3.41. The van der Waals surface area contributed by atoms with Crippen molar-refractivity contribution in [2.75, 3.05) is 0 Å². The van der Waals surface area contributed by atoms with Gasteiger partial charge in [0, 0.05) is 17.2 Å². The lowest BCUT2D eigenvalue weighted by Crippen LogP contribution is -2.18. The molecule has 0 amide bonds. The zero-order chi connectivity index (χ0) is 23.2. The Morgan fingerprint density at radius 3 is 2.58 bits per heavy atom. The number of rotatable bonds is 5. The van der Waals surface area contributed by atoms with Gasteiger partial charge in [0.25, 0.3) is 0 Å². The highest BCUT2D eigenvalue weighted by atomic mass is 19.1. The molecule has 0 radical (unpaired) electrons. The molecule has 0 saturated heterocycles. The van der Waals surface area contributed by atoms with E-state index in [4.69, 9.17) is 0 Å². The minimum Gasteiger partial charge on any atom is -0.384 e. The van der Waals surface area contributed by atoms with E-state index in [0.29, 0.717) is 51.6 Å². The van der Waals surface area contributed by atoms with Crippen LogP contribution >= 0.6 is 0 Å². The van der Waals surface area contributed by atoms with Gasteiger partial charge in [-0.2, -0.15) is 0 Å². The standard InChI is InChI=1S/C23H19F2N7O/c1-23(2,33)20-5-3-4-16(28-20)10-32-11-19(30-31-32)17-9-18(29-22-21(17)26-12-27-22)13-6-14(24)8-15(25)7-13/h3-9,11-12,33H,10H2,1-2H3,(H,26,27,29). The Kier molecular flexibility index (Phi) is 4.94. The van der Waals surface area contributed by atoms with Crippen LogP contribution in [0.4, 0.5) is 8.78 Å². The zero-order valence-electron chi connectivity index (χ0n) is 17.8. The highest BCUT2D eigenvalue weighted by Gasteiger charge is 2.19. The van der Waals surface area contributed by atoms with E-state index in [0.717, 1.165) is 6.07 Å². The molecular weight excluding hydrogens is 428 g/mol. The Morgan fingerprint density at radius 2 is 1.82 bits per heavy atom. The van der Waals surface area contributed by atoms with E-state index in [-0.39, 0.29) is 0 Å². The molecule has 4 aromatic heterocycles. The second-order valence-electron chi connectivity index (χ2n) is 8.19. The molecule has 0 atom stereocenters. The number of halogens is 2. The van der Waals surface area contributed by atoms with Gasteiger partial charge in [0.15, 0.2) is 5.65 Å². The molecule has 0 bridgehead atoms. The summed E-state index contributed by atoms with van der Waals surface area (Å²) < 4.78 is 29.2. The predicted molar refractivity (Wildman–Crippen MR) is 117 cm³/mol. The van der Waals surface area contributed by atoms with Crippen LogP contribution in [0.15, 0.2) is 55.0 Å². The summed E-state index contributed by atoms with van der Waals surface area (Å²) in [5.41, 5.74) is 3.03. The van der Waals surface area contributed by atoms with Crippen LogP contribution in [0, 0.1) is 11.6 Å². The van der Waals surface area contributed by atoms with Crippen LogP contribution < -0.4 is 0 Å². The van der Waals surface area contributed by atoms with E-state index in [1.165, 1.54) is 18.5 Å². The van der Waals surface area contributed by atoms with Gasteiger partial charge in [-0.1, -0.05) is 11.3 Å². The summed E-state index contributed by atoms with van der Waals surface area (Å²) in [5, 5.41) is 18.7. The second-order valence-corrected chi connectivity index (χ2v) is 8.19. The second kappa shape index (κ2) is 7.82. The lowest BCUT2D eigenvalue weighted by atomic mass is 10.0. The van der Waals surface area contributed by atoms with Crippen molar-refractivity contribution in [2.24, 2.45) is 0 Å². The van der Waals surface area contributed by atoms with E-state index in [9.17, 15) is 13.9 Å². The van der Waals surface area contributed by atoms with Crippen molar-refractivity contribution in [1.82, 2.24) is 34.9 Å². The van der Waals surface area contributed by atoms with Gasteiger partial charge in [0.05, 0.1) is 36.2 Å². The predicted octanol–water partition coefficient (Wildman–Crippen LogP) is 3.83. The molecule has 0 fully saturated rings. The summed E-state index contributed by atoms with van der Waals surface area (Å²) in [4.78, 5) is 16.2. The Balaban J connectivity index is 1.52. The monoisotopic (exact) mass is 447 g/mol. The van der Waals surface area contributed by atoms with Crippen molar-refractivity contribution in [1.29, 1.82) is 0 Å². The summed E-state index contributed by atoms with van der Waals surface area (Å²) in [6.07, 6.45) is 3.23. The van der Waals surface area contributed by atoms with Crippen molar-refractivity contribution in [3.63, 3.8) is 0 Å². The number of aromatic nitrogens is 7. The molecule has 10 heteroatoms. The fraction of sp³-hybridized carbons (Fsp3) is 0.174. The van der Waals surface area contributed by atoms with Gasteiger partial charge < -0.3 is 10.1 Å². The minimum atomic E-state index is -1.06. The number of nitrogens with zero attached hydrogens (tertiary/aromatic N) is 6. The summed E-state index contributed by atoms with van der Waals surface area (Å²) in [5.74, 6) is -1.38. The summed E-state index contributed by atoms with van der Waals surface area (Å²) >= 11 is 0. The maximum atomic E-state index is 13.8. The first-order valence-corrected chi connectivity index (χ1v) is 10.2. The van der Waals surface area contributed by atoms with Gasteiger partial charge in [-0.3, -0.25) is 4.98 Å². The molecule has 5 rings (SSSR count).